The summed E-state index contributed by atoms with van der Waals surface area (Å²) in [6.07, 6.45) is 4.31. The van der Waals surface area contributed by atoms with Crippen molar-refractivity contribution < 1.29 is 14.3 Å². The van der Waals surface area contributed by atoms with Crippen LogP contribution in [0.2, 0.25) is 0 Å². The topological polar surface area (TPSA) is 85.7 Å². The molecular formula is C18H20N4O3. The second-order valence-electron chi connectivity index (χ2n) is 6.13. The first-order chi connectivity index (χ1) is 12.1. The van der Waals surface area contributed by atoms with E-state index in [0.717, 1.165) is 24.2 Å². The maximum absolute atomic E-state index is 12.0. The Kier molecular flexibility index (Phi) is 4.89. The predicted octanol–water partition coefficient (Wildman–Crippen LogP) is 1.72. The van der Waals surface area contributed by atoms with E-state index in [0.29, 0.717) is 19.6 Å². The maximum atomic E-state index is 12.0. The third kappa shape index (κ3) is 3.91. The molecule has 130 valence electrons. The standard InChI is InChI=1S/C18H20N4O3/c1-13(23)20-10-17-11-22(18(24)25-17)16-4-2-14(3-5-16)15-6-8-21(12-19)9-7-15/h2-6,17H,7-11H2,1H3,(H,20,23)/t17-/m0/s1. The molecule has 1 atom stereocenters. The summed E-state index contributed by atoms with van der Waals surface area (Å²) in [7, 11) is 0. The summed E-state index contributed by atoms with van der Waals surface area (Å²) in [5, 5.41) is 11.6. The van der Waals surface area contributed by atoms with Crippen LogP contribution in [0.5, 0.6) is 0 Å². The summed E-state index contributed by atoms with van der Waals surface area (Å²) >= 11 is 0. The van der Waals surface area contributed by atoms with Crippen LogP contribution in [-0.4, -0.2) is 49.2 Å². The fraction of sp³-hybridized carbons (Fsp3) is 0.389. The molecule has 0 aliphatic carbocycles. The van der Waals surface area contributed by atoms with Gasteiger partial charge < -0.3 is 15.0 Å². The normalized spacial score (nSPS) is 19.9. The molecule has 0 spiro atoms. The maximum Gasteiger partial charge on any atom is 0.414 e. The van der Waals surface area contributed by atoms with Crippen molar-refractivity contribution in [1.29, 1.82) is 5.26 Å². The minimum atomic E-state index is -0.398. The van der Waals surface area contributed by atoms with Gasteiger partial charge in [0, 0.05) is 25.7 Å². The lowest BCUT2D eigenvalue weighted by atomic mass is 9.99. The number of carbonyl (C=O) groups is 2. The number of nitrogens with zero attached hydrogens (tertiary/aromatic N) is 3. The van der Waals surface area contributed by atoms with E-state index in [-0.39, 0.29) is 12.0 Å². The van der Waals surface area contributed by atoms with E-state index in [1.807, 2.05) is 24.3 Å². The van der Waals surface area contributed by atoms with Crippen molar-refractivity contribution in [2.75, 3.05) is 31.1 Å². The Morgan fingerprint density at radius 3 is 2.76 bits per heavy atom. The van der Waals surface area contributed by atoms with Gasteiger partial charge in [0.05, 0.1) is 13.1 Å². The summed E-state index contributed by atoms with van der Waals surface area (Å²) in [6, 6.07) is 7.76. The highest BCUT2D eigenvalue weighted by molar-refractivity contribution is 5.90. The second kappa shape index (κ2) is 7.26. The van der Waals surface area contributed by atoms with Crippen molar-refractivity contribution in [2.45, 2.75) is 19.4 Å². The first kappa shape index (κ1) is 16.8. The molecule has 1 saturated heterocycles. The van der Waals surface area contributed by atoms with Crippen LogP contribution >= 0.6 is 0 Å². The second-order valence-corrected chi connectivity index (χ2v) is 6.13. The molecule has 2 heterocycles. The Morgan fingerprint density at radius 2 is 2.16 bits per heavy atom. The van der Waals surface area contributed by atoms with Crippen molar-refractivity contribution in [3.8, 4) is 6.19 Å². The van der Waals surface area contributed by atoms with Crippen LogP contribution < -0.4 is 10.2 Å². The van der Waals surface area contributed by atoms with E-state index in [1.165, 1.54) is 12.5 Å². The lowest BCUT2D eigenvalue weighted by molar-refractivity contribution is -0.119. The number of hydrogen-bond acceptors (Lipinski definition) is 5. The molecule has 1 aromatic rings. The van der Waals surface area contributed by atoms with Crippen LogP contribution in [0.1, 0.15) is 18.9 Å². The molecule has 1 fully saturated rings. The largest absolute Gasteiger partial charge is 0.442 e. The number of amides is 2. The molecule has 0 radical (unpaired) electrons. The highest BCUT2D eigenvalue weighted by Gasteiger charge is 2.32. The van der Waals surface area contributed by atoms with Crippen LogP contribution in [0, 0.1) is 11.5 Å². The van der Waals surface area contributed by atoms with Gasteiger partial charge in [-0.3, -0.25) is 9.69 Å². The lowest BCUT2D eigenvalue weighted by Crippen LogP contribution is -2.33. The number of hydrogen-bond donors (Lipinski definition) is 1. The molecule has 1 aromatic carbocycles. The summed E-state index contributed by atoms with van der Waals surface area (Å²) in [6.45, 7) is 3.53. The number of benzene rings is 1. The summed E-state index contributed by atoms with van der Waals surface area (Å²) in [5.74, 6) is -0.144. The van der Waals surface area contributed by atoms with Crippen LogP contribution in [0.3, 0.4) is 0 Å². The van der Waals surface area contributed by atoms with Crippen LogP contribution in [0.4, 0.5) is 10.5 Å². The minimum absolute atomic E-state index is 0.144. The van der Waals surface area contributed by atoms with Gasteiger partial charge in [-0.15, -0.1) is 0 Å². The molecule has 7 nitrogen and oxygen atoms in total. The SMILES string of the molecule is CC(=O)NC[C@H]1CN(c2ccc(C3=CCN(C#N)CC3)cc2)C(=O)O1. The Hall–Kier alpha value is -3.01. The molecule has 7 heteroatoms. The molecular weight excluding hydrogens is 320 g/mol. The summed E-state index contributed by atoms with van der Waals surface area (Å²) < 4.78 is 5.27. The minimum Gasteiger partial charge on any atom is -0.442 e. The molecule has 0 aromatic heterocycles. The number of rotatable bonds is 4. The van der Waals surface area contributed by atoms with E-state index in [9.17, 15) is 9.59 Å². The van der Waals surface area contributed by atoms with E-state index in [4.69, 9.17) is 10.00 Å². The average Bonchev–Trinajstić information content (AvgIpc) is 3.01. The average molecular weight is 340 g/mol. The Labute approximate surface area is 146 Å². The molecule has 3 rings (SSSR count). The van der Waals surface area contributed by atoms with Gasteiger partial charge in [0.1, 0.15) is 6.10 Å². The van der Waals surface area contributed by atoms with Crippen LogP contribution in [0.25, 0.3) is 5.57 Å². The first-order valence-corrected chi connectivity index (χ1v) is 8.23. The highest BCUT2D eigenvalue weighted by Crippen LogP contribution is 2.26. The van der Waals surface area contributed by atoms with Crippen molar-refractivity contribution in [3.05, 3.63) is 35.9 Å². The van der Waals surface area contributed by atoms with Gasteiger partial charge in [0.25, 0.3) is 0 Å². The van der Waals surface area contributed by atoms with Gasteiger partial charge in [-0.1, -0.05) is 18.2 Å². The molecule has 25 heavy (non-hydrogen) atoms. The van der Waals surface area contributed by atoms with Crippen molar-refractivity contribution in [3.63, 3.8) is 0 Å². The van der Waals surface area contributed by atoms with Crippen molar-refractivity contribution >= 4 is 23.3 Å². The number of cyclic esters (lactones) is 1. The predicted molar refractivity (Wildman–Crippen MR) is 92.5 cm³/mol. The van der Waals surface area contributed by atoms with E-state index >= 15 is 0 Å². The van der Waals surface area contributed by atoms with Crippen molar-refractivity contribution in [2.24, 2.45) is 0 Å². The van der Waals surface area contributed by atoms with Gasteiger partial charge in [0.15, 0.2) is 6.19 Å². The molecule has 2 aliphatic rings. The molecule has 0 unspecified atom stereocenters. The Morgan fingerprint density at radius 1 is 1.40 bits per heavy atom. The van der Waals surface area contributed by atoms with Gasteiger partial charge >= 0.3 is 6.09 Å². The molecule has 1 N–H and O–H groups in total. The third-order valence-corrected chi connectivity index (χ3v) is 4.35. The number of nitriles is 1. The lowest BCUT2D eigenvalue weighted by Gasteiger charge is -2.21. The van der Waals surface area contributed by atoms with E-state index in [1.54, 1.807) is 9.80 Å². The summed E-state index contributed by atoms with van der Waals surface area (Å²) in [4.78, 5) is 26.3. The van der Waals surface area contributed by atoms with Gasteiger partial charge in [0.2, 0.25) is 5.91 Å². The van der Waals surface area contributed by atoms with Gasteiger partial charge in [-0.25, -0.2) is 4.79 Å². The number of ether oxygens (including phenoxy) is 1. The van der Waals surface area contributed by atoms with Gasteiger partial charge in [-0.05, 0) is 29.7 Å². The fourth-order valence-electron chi connectivity index (χ4n) is 2.97. The quantitative estimate of drug-likeness (QED) is 0.844. The first-order valence-electron chi connectivity index (χ1n) is 8.23. The van der Waals surface area contributed by atoms with Gasteiger partial charge in [-0.2, -0.15) is 5.26 Å². The zero-order chi connectivity index (χ0) is 17.8. The molecule has 0 bridgehead atoms. The van der Waals surface area contributed by atoms with E-state index in [2.05, 4.69) is 17.6 Å². The monoisotopic (exact) mass is 340 g/mol. The number of nitrogens with one attached hydrogen (secondary N) is 1. The fourth-order valence-corrected chi connectivity index (χ4v) is 2.97. The zero-order valence-electron chi connectivity index (χ0n) is 14.1. The Balaban J connectivity index is 1.65. The van der Waals surface area contributed by atoms with Crippen molar-refractivity contribution in [1.82, 2.24) is 10.2 Å². The molecule has 0 saturated carbocycles. The zero-order valence-corrected chi connectivity index (χ0v) is 14.1. The third-order valence-electron chi connectivity index (χ3n) is 4.35. The highest BCUT2D eigenvalue weighted by atomic mass is 16.6. The smallest absolute Gasteiger partial charge is 0.414 e. The molecule has 2 aliphatic heterocycles. The number of anilines is 1. The van der Waals surface area contributed by atoms with E-state index < -0.39 is 6.09 Å². The number of carbonyl (C=O) groups excluding carboxylic acids is 2. The Bertz CT molecular complexity index is 736. The summed E-state index contributed by atoms with van der Waals surface area (Å²) in [5.41, 5.74) is 3.09. The molecule has 2 amide bonds. The van der Waals surface area contributed by atoms with Crippen LogP contribution in [-0.2, 0) is 9.53 Å². The van der Waals surface area contributed by atoms with Crippen LogP contribution in [0.15, 0.2) is 30.3 Å².